The molecule has 1 aromatic heterocycles. The summed E-state index contributed by atoms with van der Waals surface area (Å²) in [6.45, 7) is -0.224. The van der Waals surface area contributed by atoms with Gasteiger partial charge in [-0.3, -0.25) is 9.36 Å². The highest BCUT2D eigenvalue weighted by Gasteiger charge is 2.36. The van der Waals surface area contributed by atoms with Crippen LogP contribution in [0.25, 0.3) is 11.1 Å². The normalized spacial score (nSPS) is 15.1. The van der Waals surface area contributed by atoms with Gasteiger partial charge in [0.05, 0.1) is 38.6 Å². The number of carbonyl (C=O) groups is 1. The molecule has 0 fully saturated rings. The van der Waals surface area contributed by atoms with Gasteiger partial charge < -0.3 is 18.6 Å². The molecule has 0 spiro atoms. The van der Waals surface area contributed by atoms with Crippen LogP contribution in [-0.4, -0.2) is 42.5 Å². The van der Waals surface area contributed by atoms with Crippen LogP contribution in [0.15, 0.2) is 81.0 Å². The average molecular weight is 488 g/mol. The zero-order chi connectivity index (χ0) is 25.2. The van der Waals surface area contributed by atoms with Crippen molar-refractivity contribution >= 4 is 22.7 Å². The number of hydrogen-bond acceptors (Lipinski definition) is 7. The summed E-state index contributed by atoms with van der Waals surface area (Å²) in [5.74, 6) is 0.848. The predicted molar refractivity (Wildman–Crippen MR) is 134 cm³/mol. The maximum atomic E-state index is 13.6. The summed E-state index contributed by atoms with van der Waals surface area (Å²) < 4.78 is 23.0. The SMILES string of the molecule is COc1ccc(C2=NN(C(=O)Cn3c(=O)oc4ccccc43)C(c3cccc(OC)c3OC)C2)cc1. The second-order valence-electron chi connectivity index (χ2n) is 8.24. The first-order chi connectivity index (χ1) is 17.5. The smallest absolute Gasteiger partial charge is 0.420 e. The minimum Gasteiger partial charge on any atom is -0.497 e. The van der Waals surface area contributed by atoms with E-state index in [1.807, 2.05) is 36.4 Å². The number of hydrogen-bond donors (Lipinski definition) is 0. The molecule has 1 atom stereocenters. The topological polar surface area (TPSA) is 95.5 Å². The first-order valence-corrected chi connectivity index (χ1v) is 11.4. The number of hydrazone groups is 1. The van der Waals surface area contributed by atoms with Crippen LogP contribution in [0.5, 0.6) is 17.2 Å². The third kappa shape index (κ3) is 4.08. The van der Waals surface area contributed by atoms with Crippen LogP contribution in [-0.2, 0) is 11.3 Å². The van der Waals surface area contributed by atoms with Crippen molar-refractivity contribution in [3.8, 4) is 17.2 Å². The van der Waals surface area contributed by atoms with Crippen molar-refractivity contribution in [2.75, 3.05) is 21.3 Å². The molecule has 2 heterocycles. The van der Waals surface area contributed by atoms with E-state index in [1.54, 1.807) is 51.7 Å². The molecular weight excluding hydrogens is 462 g/mol. The monoisotopic (exact) mass is 487 g/mol. The third-order valence-electron chi connectivity index (χ3n) is 6.25. The van der Waals surface area contributed by atoms with Gasteiger partial charge in [-0.25, -0.2) is 9.80 Å². The lowest BCUT2D eigenvalue weighted by molar-refractivity contribution is -0.133. The Kier molecular flexibility index (Phi) is 6.20. The molecule has 0 bridgehead atoms. The largest absolute Gasteiger partial charge is 0.497 e. The van der Waals surface area contributed by atoms with E-state index in [2.05, 4.69) is 0 Å². The van der Waals surface area contributed by atoms with Crippen LogP contribution in [0.2, 0.25) is 0 Å². The summed E-state index contributed by atoms with van der Waals surface area (Å²) in [4.78, 5) is 26.2. The fourth-order valence-corrected chi connectivity index (χ4v) is 4.49. The highest BCUT2D eigenvalue weighted by molar-refractivity contribution is 6.03. The molecule has 1 unspecified atom stereocenters. The average Bonchev–Trinajstić information content (AvgIpc) is 3.49. The second kappa shape index (κ2) is 9.61. The molecule has 1 amide bonds. The lowest BCUT2D eigenvalue weighted by atomic mass is 9.97. The number of rotatable bonds is 7. The second-order valence-corrected chi connectivity index (χ2v) is 8.24. The van der Waals surface area contributed by atoms with Crippen molar-refractivity contribution in [2.24, 2.45) is 5.10 Å². The molecule has 9 nitrogen and oxygen atoms in total. The molecule has 1 aliphatic rings. The number of para-hydroxylation sites is 3. The molecular formula is C27H25N3O6. The van der Waals surface area contributed by atoms with Crippen molar-refractivity contribution in [1.82, 2.24) is 9.58 Å². The van der Waals surface area contributed by atoms with Gasteiger partial charge in [0.15, 0.2) is 17.1 Å². The number of ether oxygens (including phenoxy) is 3. The van der Waals surface area contributed by atoms with Crippen molar-refractivity contribution in [3.63, 3.8) is 0 Å². The standard InChI is InChI=1S/C27H25N3O6/c1-33-18-13-11-17(12-14-18)20-15-22(19-7-6-10-24(34-2)26(19)35-3)30(28-20)25(31)16-29-21-8-4-5-9-23(21)36-27(29)32/h4-14,22H,15-16H2,1-3H3. The van der Waals surface area contributed by atoms with E-state index in [0.29, 0.717) is 29.0 Å². The van der Waals surface area contributed by atoms with E-state index in [1.165, 1.54) is 9.58 Å². The van der Waals surface area contributed by atoms with Gasteiger partial charge in [0.1, 0.15) is 12.3 Å². The van der Waals surface area contributed by atoms with Crippen LogP contribution < -0.4 is 20.0 Å². The van der Waals surface area contributed by atoms with E-state index in [-0.39, 0.29) is 12.5 Å². The van der Waals surface area contributed by atoms with Crippen molar-refractivity contribution < 1.29 is 23.4 Å². The molecule has 9 heteroatoms. The number of oxazole rings is 1. The Morgan fingerprint density at radius 3 is 2.47 bits per heavy atom. The van der Waals surface area contributed by atoms with Crippen molar-refractivity contribution in [2.45, 2.75) is 19.0 Å². The molecule has 1 aliphatic heterocycles. The van der Waals surface area contributed by atoms with Gasteiger partial charge in [-0.2, -0.15) is 5.10 Å². The van der Waals surface area contributed by atoms with Gasteiger partial charge in [0.2, 0.25) is 0 Å². The van der Waals surface area contributed by atoms with Crippen LogP contribution in [0.4, 0.5) is 0 Å². The molecule has 0 N–H and O–H groups in total. The van der Waals surface area contributed by atoms with Gasteiger partial charge in [-0.1, -0.05) is 24.3 Å². The number of amides is 1. The lowest BCUT2D eigenvalue weighted by Gasteiger charge is -2.24. The third-order valence-corrected chi connectivity index (χ3v) is 6.25. The van der Waals surface area contributed by atoms with Crippen molar-refractivity contribution in [3.05, 3.63) is 88.4 Å². The number of carbonyl (C=O) groups excluding carboxylic acids is 1. The summed E-state index contributed by atoms with van der Waals surface area (Å²) in [5, 5.41) is 6.13. The predicted octanol–water partition coefficient (Wildman–Crippen LogP) is 4.00. The van der Waals surface area contributed by atoms with Gasteiger partial charge in [-0.05, 0) is 48.0 Å². The zero-order valence-corrected chi connectivity index (χ0v) is 20.1. The van der Waals surface area contributed by atoms with E-state index < -0.39 is 11.8 Å². The number of benzene rings is 3. The van der Waals surface area contributed by atoms with Crippen LogP contribution >= 0.6 is 0 Å². The Bertz CT molecular complexity index is 1500. The number of aromatic nitrogens is 1. The quantitative estimate of drug-likeness (QED) is 0.391. The van der Waals surface area contributed by atoms with Gasteiger partial charge >= 0.3 is 5.76 Å². The van der Waals surface area contributed by atoms with E-state index in [0.717, 1.165) is 22.6 Å². The molecule has 184 valence electrons. The van der Waals surface area contributed by atoms with Crippen LogP contribution in [0.3, 0.4) is 0 Å². The molecule has 4 aromatic rings. The Labute approximate surface area is 207 Å². The number of methoxy groups -OCH3 is 3. The summed E-state index contributed by atoms with van der Waals surface area (Å²) in [6.07, 6.45) is 0.447. The van der Waals surface area contributed by atoms with Crippen LogP contribution in [0.1, 0.15) is 23.6 Å². The first kappa shape index (κ1) is 23.2. The van der Waals surface area contributed by atoms with E-state index >= 15 is 0 Å². The van der Waals surface area contributed by atoms with Gasteiger partial charge in [0, 0.05) is 12.0 Å². The molecule has 0 aliphatic carbocycles. The lowest BCUT2D eigenvalue weighted by Crippen LogP contribution is -2.33. The maximum absolute atomic E-state index is 13.6. The van der Waals surface area contributed by atoms with Gasteiger partial charge in [-0.15, -0.1) is 0 Å². The summed E-state index contributed by atoms with van der Waals surface area (Å²) >= 11 is 0. The Balaban J connectivity index is 1.55. The van der Waals surface area contributed by atoms with E-state index in [9.17, 15) is 9.59 Å². The highest BCUT2D eigenvalue weighted by Crippen LogP contribution is 2.42. The summed E-state index contributed by atoms with van der Waals surface area (Å²) in [5.41, 5.74) is 3.31. The maximum Gasteiger partial charge on any atom is 0.420 e. The molecule has 0 saturated heterocycles. The fraction of sp³-hybridized carbons (Fsp3) is 0.222. The molecule has 3 aromatic carbocycles. The van der Waals surface area contributed by atoms with E-state index in [4.69, 9.17) is 23.7 Å². The number of nitrogens with zero attached hydrogens (tertiary/aromatic N) is 3. The highest BCUT2D eigenvalue weighted by atomic mass is 16.5. The first-order valence-electron chi connectivity index (χ1n) is 11.4. The minimum absolute atomic E-state index is 0.224. The summed E-state index contributed by atoms with van der Waals surface area (Å²) in [7, 11) is 4.73. The molecule has 36 heavy (non-hydrogen) atoms. The Hall–Kier alpha value is -4.53. The minimum atomic E-state index is -0.599. The van der Waals surface area contributed by atoms with Crippen LogP contribution in [0, 0.1) is 0 Å². The Morgan fingerprint density at radius 2 is 1.75 bits per heavy atom. The number of fused-ring (bicyclic) bond motifs is 1. The van der Waals surface area contributed by atoms with Crippen molar-refractivity contribution in [1.29, 1.82) is 0 Å². The van der Waals surface area contributed by atoms with Gasteiger partial charge in [0.25, 0.3) is 5.91 Å². The fourth-order valence-electron chi connectivity index (χ4n) is 4.49. The zero-order valence-electron chi connectivity index (χ0n) is 20.1. The Morgan fingerprint density at radius 1 is 0.972 bits per heavy atom. The summed E-state index contributed by atoms with van der Waals surface area (Å²) in [6, 6.07) is 19.6. The molecule has 0 radical (unpaired) electrons. The molecule has 0 saturated carbocycles. The molecule has 5 rings (SSSR count).